The molecule has 138 valence electrons. The Morgan fingerprint density at radius 3 is 2.74 bits per heavy atom. The maximum absolute atomic E-state index is 12.4. The molecule has 1 aliphatic rings. The number of hydrogen-bond acceptors (Lipinski definition) is 6. The van der Waals surface area contributed by atoms with Crippen LogP contribution in [0, 0.1) is 11.3 Å². The van der Waals surface area contributed by atoms with Crippen LogP contribution in [0.5, 0.6) is 0 Å². The molecule has 1 aliphatic heterocycles. The van der Waals surface area contributed by atoms with Gasteiger partial charge in [0.2, 0.25) is 0 Å². The van der Waals surface area contributed by atoms with Crippen molar-refractivity contribution in [3.05, 3.63) is 77.0 Å². The summed E-state index contributed by atoms with van der Waals surface area (Å²) < 4.78 is 0. The molecule has 2 aromatic carbocycles. The molecule has 1 unspecified atom stereocenters. The zero-order chi connectivity index (χ0) is 19.1. The number of para-hydroxylation sites is 1. The summed E-state index contributed by atoms with van der Waals surface area (Å²) in [6, 6.07) is 16.2. The quantitative estimate of drug-likeness (QED) is 0.654. The van der Waals surface area contributed by atoms with Crippen LogP contribution < -0.4 is 16.3 Å². The van der Waals surface area contributed by atoms with Crippen molar-refractivity contribution in [2.24, 2.45) is 0 Å². The molecule has 1 atom stereocenters. The van der Waals surface area contributed by atoms with E-state index in [1.165, 1.54) is 0 Å². The fourth-order valence-electron chi connectivity index (χ4n) is 2.58. The minimum Gasteiger partial charge on any atom is -0.381 e. The van der Waals surface area contributed by atoms with Crippen molar-refractivity contribution in [1.29, 1.82) is 5.26 Å². The summed E-state index contributed by atoms with van der Waals surface area (Å²) in [6.45, 7) is 2.66. The van der Waals surface area contributed by atoms with Gasteiger partial charge in [0.05, 0.1) is 23.8 Å². The summed E-state index contributed by atoms with van der Waals surface area (Å²) in [7, 11) is 0. The molecule has 0 aliphatic carbocycles. The Kier molecular flexibility index (Phi) is 6.05. The Hall–Kier alpha value is -3.34. The van der Waals surface area contributed by atoms with Crippen molar-refractivity contribution in [1.82, 2.24) is 11.0 Å². The predicted octanol–water partition coefficient (Wildman–Crippen LogP) is 2.64. The molecule has 0 fully saturated rings. The van der Waals surface area contributed by atoms with Crippen molar-refractivity contribution in [2.75, 3.05) is 11.9 Å². The molecule has 7 heteroatoms. The van der Waals surface area contributed by atoms with E-state index in [1.54, 1.807) is 36.4 Å². The number of nitrogens with zero attached hydrogens (tertiary/aromatic N) is 1. The topological polar surface area (TPSA) is 95.4 Å². The number of carbonyl (C=O) groups is 1. The number of benzene rings is 2. The van der Waals surface area contributed by atoms with Crippen LogP contribution in [0.4, 0.5) is 5.69 Å². The molecule has 0 bridgehead atoms. The van der Waals surface area contributed by atoms with E-state index in [9.17, 15) is 4.79 Å². The monoisotopic (exact) mass is 364 g/mol. The minimum absolute atomic E-state index is 0.103. The standard InChI is InChI=1S/C20H20N4O3/c1-14-10-17(27-23-14)12-22-19-5-3-2-4-18(19)20(25)24-26-13-16-8-6-15(11-21)7-9-16/h2-10,17,22-23H,12-13H2,1H3,(H,24,25). The van der Waals surface area contributed by atoms with Crippen LogP contribution in [0.15, 0.2) is 60.3 Å². The number of nitriles is 1. The summed E-state index contributed by atoms with van der Waals surface area (Å²) in [4.78, 5) is 23.1. The van der Waals surface area contributed by atoms with Gasteiger partial charge < -0.3 is 5.32 Å². The molecular weight excluding hydrogens is 344 g/mol. The van der Waals surface area contributed by atoms with Gasteiger partial charge in [-0.2, -0.15) is 5.26 Å². The third-order valence-corrected chi connectivity index (χ3v) is 3.96. The van der Waals surface area contributed by atoms with Crippen LogP contribution in [0.1, 0.15) is 28.4 Å². The maximum atomic E-state index is 12.4. The number of amides is 1. The van der Waals surface area contributed by atoms with Crippen molar-refractivity contribution >= 4 is 11.6 Å². The molecule has 0 saturated carbocycles. The molecule has 7 nitrogen and oxygen atoms in total. The summed E-state index contributed by atoms with van der Waals surface area (Å²) >= 11 is 0. The van der Waals surface area contributed by atoms with Crippen LogP contribution in [-0.4, -0.2) is 18.6 Å². The van der Waals surface area contributed by atoms with E-state index in [4.69, 9.17) is 14.9 Å². The average Bonchev–Trinajstić information content (AvgIpc) is 3.12. The molecule has 1 heterocycles. The summed E-state index contributed by atoms with van der Waals surface area (Å²) in [5.41, 5.74) is 8.81. The van der Waals surface area contributed by atoms with Crippen LogP contribution in [-0.2, 0) is 16.3 Å². The highest BCUT2D eigenvalue weighted by Gasteiger charge is 2.16. The second-order valence-corrected chi connectivity index (χ2v) is 6.06. The molecule has 3 rings (SSSR count). The zero-order valence-electron chi connectivity index (χ0n) is 14.9. The first-order valence-electron chi connectivity index (χ1n) is 8.50. The van der Waals surface area contributed by atoms with Gasteiger partial charge in [-0.05, 0) is 42.8 Å². The first-order chi connectivity index (χ1) is 13.2. The highest BCUT2D eigenvalue weighted by atomic mass is 16.7. The Labute approximate surface area is 157 Å². The van der Waals surface area contributed by atoms with Gasteiger partial charge in [0.25, 0.3) is 5.91 Å². The average molecular weight is 364 g/mol. The largest absolute Gasteiger partial charge is 0.381 e. The molecule has 2 aromatic rings. The molecule has 0 saturated heterocycles. The molecule has 0 radical (unpaired) electrons. The van der Waals surface area contributed by atoms with Gasteiger partial charge in [0.15, 0.2) is 0 Å². The van der Waals surface area contributed by atoms with Crippen LogP contribution >= 0.6 is 0 Å². The third kappa shape index (κ3) is 5.07. The van der Waals surface area contributed by atoms with Gasteiger partial charge in [-0.15, -0.1) is 0 Å². The normalized spacial score (nSPS) is 15.4. The lowest BCUT2D eigenvalue weighted by Gasteiger charge is -2.14. The number of anilines is 1. The lowest BCUT2D eigenvalue weighted by Crippen LogP contribution is -2.26. The molecule has 0 aromatic heterocycles. The smallest absolute Gasteiger partial charge is 0.276 e. The van der Waals surface area contributed by atoms with E-state index in [2.05, 4.69) is 22.3 Å². The fraction of sp³-hybridized carbons (Fsp3) is 0.200. The lowest BCUT2D eigenvalue weighted by atomic mass is 10.1. The number of nitrogens with one attached hydrogen (secondary N) is 3. The van der Waals surface area contributed by atoms with Crippen LogP contribution in [0.2, 0.25) is 0 Å². The third-order valence-electron chi connectivity index (χ3n) is 3.96. The van der Waals surface area contributed by atoms with Gasteiger partial charge in [-0.1, -0.05) is 24.3 Å². The Balaban J connectivity index is 1.53. The maximum Gasteiger partial charge on any atom is 0.276 e. The first-order valence-corrected chi connectivity index (χ1v) is 8.50. The van der Waals surface area contributed by atoms with E-state index < -0.39 is 0 Å². The summed E-state index contributed by atoms with van der Waals surface area (Å²) in [5.74, 6) is -0.344. The number of hydroxylamine groups is 2. The number of carbonyl (C=O) groups excluding carboxylic acids is 1. The molecule has 1 amide bonds. The SMILES string of the molecule is CC1=CC(CNc2ccccc2C(=O)NOCc2ccc(C#N)cc2)ON1. The molecule has 0 spiro atoms. The second-order valence-electron chi connectivity index (χ2n) is 6.06. The highest BCUT2D eigenvalue weighted by molar-refractivity contribution is 5.99. The second kappa shape index (κ2) is 8.85. The van der Waals surface area contributed by atoms with Crippen molar-refractivity contribution in [2.45, 2.75) is 19.6 Å². The summed E-state index contributed by atoms with van der Waals surface area (Å²) in [6.07, 6.45) is 1.87. The van der Waals surface area contributed by atoms with Crippen LogP contribution in [0.25, 0.3) is 0 Å². The Morgan fingerprint density at radius 2 is 2.04 bits per heavy atom. The zero-order valence-corrected chi connectivity index (χ0v) is 14.9. The number of rotatable bonds is 7. The van der Waals surface area contributed by atoms with Gasteiger partial charge in [-0.25, -0.2) is 5.48 Å². The number of hydrogen-bond donors (Lipinski definition) is 3. The minimum atomic E-state index is -0.344. The molecule has 3 N–H and O–H groups in total. The lowest BCUT2D eigenvalue weighted by molar-refractivity contribution is 0.0234. The predicted molar refractivity (Wildman–Crippen MR) is 100 cm³/mol. The molecule has 27 heavy (non-hydrogen) atoms. The first kappa shape index (κ1) is 18.5. The van der Waals surface area contributed by atoms with E-state index in [-0.39, 0.29) is 18.6 Å². The van der Waals surface area contributed by atoms with Crippen molar-refractivity contribution < 1.29 is 14.5 Å². The van der Waals surface area contributed by atoms with Gasteiger partial charge in [0, 0.05) is 17.9 Å². The highest BCUT2D eigenvalue weighted by Crippen LogP contribution is 2.16. The Bertz CT molecular complexity index is 872. The van der Waals surface area contributed by atoms with Crippen molar-refractivity contribution in [3.8, 4) is 6.07 Å². The van der Waals surface area contributed by atoms with Crippen molar-refractivity contribution in [3.63, 3.8) is 0 Å². The molecular formula is C20H20N4O3. The van der Waals surface area contributed by atoms with E-state index in [1.807, 2.05) is 25.1 Å². The van der Waals surface area contributed by atoms with E-state index in [0.29, 0.717) is 23.4 Å². The Morgan fingerprint density at radius 1 is 1.26 bits per heavy atom. The van der Waals surface area contributed by atoms with Gasteiger partial charge in [0.1, 0.15) is 6.10 Å². The fourth-order valence-corrected chi connectivity index (χ4v) is 2.58. The number of allylic oxidation sites excluding steroid dienone is 1. The van der Waals surface area contributed by atoms with E-state index in [0.717, 1.165) is 11.3 Å². The van der Waals surface area contributed by atoms with Crippen LogP contribution in [0.3, 0.4) is 0 Å². The summed E-state index contributed by atoms with van der Waals surface area (Å²) in [5, 5.41) is 12.0. The van der Waals surface area contributed by atoms with Gasteiger partial charge in [-0.3, -0.25) is 19.9 Å². The van der Waals surface area contributed by atoms with Gasteiger partial charge >= 0.3 is 0 Å². The van der Waals surface area contributed by atoms with E-state index >= 15 is 0 Å².